The Bertz CT molecular complexity index is 273. The summed E-state index contributed by atoms with van der Waals surface area (Å²) in [6, 6.07) is 8.37. The van der Waals surface area contributed by atoms with Crippen molar-refractivity contribution >= 4 is 11.6 Å². The highest BCUT2D eigenvalue weighted by Gasteiger charge is 2.07. The van der Waals surface area contributed by atoms with Crippen molar-refractivity contribution in [2.75, 3.05) is 20.8 Å². The number of methoxy groups -OCH3 is 1. The zero-order chi connectivity index (χ0) is 11.1. The van der Waals surface area contributed by atoms with Crippen molar-refractivity contribution < 1.29 is 4.74 Å². The molecule has 0 fully saturated rings. The van der Waals surface area contributed by atoms with E-state index >= 15 is 0 Å². The summed E-state index contributed by atoms with van der Waals surface area (Å²) in [6.07, 6.45) is 2.14. The molecule has 0 amide bonds. The Morgan fingerprint density at radius 2 is 2.00 bits per heavy atom. The second-order valence-corrected chi connectivity index (χ2v) is 3.96. The summed E-state index contributed by atoms with van der Waals surface area (Å²) < 4.78 is 5.04. The van der Waals surface area contributed by atoms with E-state index in [1.54, 1.807) is 7.11 Å². The lowest BCUT2D eigenvalue weighted by molar-refractivity contribution is 0.189. The quantitative estimate of drug-likeness (QED) is 0.755. The third kappa shape index (κ3) is 4.20. The molecule has 0 heterocycles. The van der Waals surface area contributed by atoms with E-state index in [0.29, 0.717) is 6.04 Å². The molecule has 1 rings (SSSR count). The van der Waals surface area contributed by atoms with Crippen LogP contribution in [0.5, 0.6) is 0 Å². The molecule has 1 unspecified atom stereocenters. The molecular formula is C12H18ClNO. The monoisotopic (exact) mass is 227 g/mol. The summed E-state index contributed by atoms with van der Waals surface area (Å²) in [6.45, 7) is 0.811. The fraction of sp³-hybridized carbons (Fsp3) is 0.500. The number of nitrogens with one attached hydrogen (secondary N) is 1. The summed E-state index contributed by atoms with van der Waals surface area (Å²) in [4.78, 5) is 0. The molecule has 0 aliphatic heterocycles. The van der Waals surface area contributed by atoms with Crippen molar-refractivity contribution in [2.24, 2.45) is 0 Å². The standard InChI is InChI=1S/C12H18ClNO/c1-14-12(4-3-9-15-2)10-5-7-11(13)8-6-10/h5-8,12,14H,3-4,9H2,1-2H3. The van der Waals surface area contributed by atoms with Crippen LogP contribution in [-0.4, -0.2) is 20.8 Å². The Labute approximate surface area is 96.6 Å². The maximum Gasteiger partial charge on any atom is 0.0462 e. The molecule has 3 heteroatoms. The van der Waals surface area contributed by atoms with Gasteiger partial charge in [0.15, 0.2) is 0 Å². The van der Waals surface area contributed by atoms with Gasteiger partial charge in [0.05, 0.1) is 0 Å². The summed E-state index contributed by atoms with van der Waals surface area (Å²) >= 11 is 5.85. The minimum absolute atomic E-state index is 0.386. The molecule has 0 aromatic heterocycles. The van der Waals surface area contributed by atoms with Crippen LogP contribution in [0, 0.1) is 0 Å². The molecule has 1 N–H and O–H groups in total. The van der Waals surface area contributed by atoms with Crippen LogP contribution in [0.25, 0.3) is 0 Å². The van der Waals surface area contributed by atoms with Gasteiger partial charge in [0, 0.05) is 24.8 Å². The third-order valence-electron chi connectivity index (χ3n) is 2.46. The molecule has 84 valence electrons. The smallest absolute Gasteiger partial charge is 0.0462 e. The fourth-order valence-electron chi connectivity index (χ4n) is 1.60. The molecule has 15 heavy (non-hydrogen) atoms. The van der Waals surface area contributed by atoms with Crippen LogP contribution >= 0.6 is 11.6 Å². The Hall–Kier alpha value is -0.570. The molecule has 0 aliphatic carbocycles. The van der Waals surface area contributed by atoms with Crippen LogP contribution in [0.4, 0.5) is 0 Å². The van der Waals surface area contributed by atoms with Crippen molar-refractivity contribution in [3.63, 3.8) is 0 Å². The van der Waals surface area contributed by atoms with Crippen LogP contribution in [0.3, 0.4) is 0 Å². The number of hydrogen-bond acceptors (Lipinski definition) is 2. The molecule has 1 aromatic carbocycles. The molecule has 0 saturated heterocycles. The van der Waals surface area contributed by atoms with Crippen molar-refractivity contribution in [1.29, 1.82) is 0 Å². The van der Waals surface area contributed by atoms with Crippen molar-refractivity contribution in [1.82, 2.24) is 5.32 Å². The van der Waals surface area contributed by atoms with Gasteiger partial charge in [0.25, 0.3) is 0 Å². The van der Waals surface area contributed by atoms with E-state index in [-0.39, 0.29) is 0 Å². The molecule has 0 bridgehead atoms. The van der Waals surface area contributed by atoms with Crippen LogP contribution in [-0.2, 0) is 4.74 Å². The molecule has 1 aromatic rings. The maximum absolute atomic E-state index is 5.85. The predicted octanol–water partition coefficient (Wildman–Crippen LogP) is 3.03. The van der Waals surface area contributed by atoms with Gasteiger partial charge < -0.3 is 10.1 Å². The number of halogens is 1. The molecule has 1 atom stereocenters. The zero-order valence-electron chi connectivity index (χ0n) is 9.29. The lowest BCUT2D eigenvalue weighted by atomic mass is 10.0. The predicted molar refractivity (Wildman–Crippen MR) is 64.4 cm³/mol. The average Bonchev–Trinajstić information content (AvgIpc) is 2.26. The molecule has 0 saturated carbocycles. The van der Waals surface area contributed by atoms with Gasteiger partial charge in [-0.15, -0.1) is 0 Å². The Balaban J connectivity index is 2.53. The molecule has 0 aliphatic rings. The minimum atomic E-state index is 0.386. The van der Waals surface area contributed by atoms with E-state index in [2.05, 4.69) is 17.4 Å². The zero-order valence-corrected chi connectivity index (χ0v) is 10.1. The molecule has 0 spiro atoms. The van der Waals surface area contributed by atoms with Gasteiger partial charge in [0.2, 0.25) is 0 Å². The first kappa shape index (κ1) is 12.5. The Morgan fingerprint density at radius 3 is 2.53 bits per heavy atom. The van der Waals surface area contributed by atoms with Gasteiger partial charge in [-0.3, -0.25) is 0 Å². The van der Waals surface area contributed by atoms with Gasteiger partial charge in [-0.1, -0.05) is 23.7 Å². The minimum Gasteiger partial charge on any atom is -0.385 e. The second-order valence-electron chi connectivity index (χ2n) is 3.53. The topological polar surface area (TPSA) is 21.3 Å². The van der Waals surface area contributed by atoms with E-state index in [0.717, 1.165) is 24.5 Å². The van der Waals surface area contributed by atoms with Crippen LogP contribution in [0.1, 0.15) is 24.4 Å². The first-order chi connectivity index (χ1) is 7.27. The van der Waals surface area contributed by atoms with Gasteiger partial charge >= 0.3 is 0 Å². The summed E-state index contributed by atoms with van der Waals surface area (Å²) in [5.41, 5.74) is 1.28. The van der Waals surface area contributed by atoms with Gasteiger partial charge in [-0.05, 0) is 37.6 Å². The highest BCUT2D eigenvalue weighted by molar-refractivity contribution is 6.30. The van der Waals surface area contributed by atoms with Crippen LogP contribution < -0.4 is 5.32 Å². The highest BCUT2D eigenvalue weighted by Crippen LogP contribution is 2.20. The van der Waals surface area contributed by atoms with Gasteiger partial charge in [-0.25, -0.2) is 0 Å². The Kier molecular flexibility index (Phi) is 5.69. The molecular weight excluding hydrogens is 210 g/mol. The van der Waals surface area contributed by atoms with Crippen LogP contribution in [0.15, 0.2) is 24.3 Å². The largest absolute Gasteiger partial charge is 0.385 e. The number of rotatable bonds is 6. The summed E-state index contributed by atoms with van der Waals surface area (Å²) in [5.74, 6) is 0. The maximum atomic E-state index is 5.85. The lowest BCUT2D eigenvalue weighted by Gasteiger charge is -2.16. The van der Waals surface area contributed by atoms with Crippen molar-refractivity contribution in [3.05, 3.63) is 34.9 Å². The van der Waals surface area contributed by atoms with Gasteiger partial charge in [0.1, 0.15) is 0 Å². The first-order valence-electron chi connectivity index (χ1n) is 5.19. The molecule has 2 nitrogen and oxygen atoms in total. The summed E-state index contributed by atoms with van der Waals surface area (Å²) in [7, 11) is 3.71. The van der Waals surface area contributed by atoms with E-state index in [1.165, 1.54) is 5.56 Å². The summed E-state index contributed by atoms with van der Waals surface area (Å²) in [5, 5.41) is 4.08. The van der Waals surface area contributed by atoms with Crippen molar-refractivity contribution in [2.45, 2.75) is 18.9 Å². The van der Waals surface area contributed by atoms with E-state index < -0.39 is 0 Å². The number of ether oxygens (including phenoxy) is 1. The normalized spacial score (nSPS) is 12.7. The second kappa shape index (κ2) is 6.83. The van der Waals surface area contributed by atoms with Crippen LogP contribution in [0.2, 0.25) is 5.02 Å². The van der Waals surface area contributed by atoms with E-state index in [9.17, 15) is 0 Å². The molecule has 0 radical (unpaired) electrons. The third-order valence-corrected chi connectivity index (χ3v) is 2.71. The van der Waals surface area contributed by atoms with Crippen molar-refractivity contribution in [3.8, 4) is 0 Å². The lowest BCUT2D eigenvalue weighted by Crippen LogP contribution is -2.16. The Morgan fingerprint density at radius 1 is 1.33 bits per heavy atom. The van der Waals surface area contributed by atoms with Gasteiger partial charge in [-0.2, -0.15) is 0 Å². The SMILES string of the molecule is CNC(CCCOC)c1ccc(Cl)cc1. The highest BCUT2D eigenvalue weighted by atomic mass is 35.5. The number of hydrogen-bond donors (Lipinski definition) is 1. The van der Waals surface area contributed by atoms with E-state index in [1.807, 2.05) is 19.2 Å². The fourth-order valence-corrected chi connectivity index (χ4v) is 1.73. The average molecular weight is 228 g/mol. The first-order valence-corrected chi connectivity index (χ1v) is 5.57. The van der Waals surface area contributed by atoms with E-state index in [4.69, 9.17) is 16.3 Å². The number of benzene rings is 1.